The first-order chi connectivity index (χ1) is 10.4. The largest absolute Gasteiger partial charge is 0.505 e. The zero-order chi connectivity index (χ0) is 16.4. The van der Waals surface area contributed by atoms with E-state index in [-0.39, 0.29) is 12.8 Å². The lowest BCUT2D eigenvalue weighted by molar-refractivity contribution is -0.0626. The fraction of sp³-hybridized carbons (Fsp3) is 0.667. The Bertz CT molecular complexity index is 670. The Morgan fingerprint density at radius 3 is 2.73 bits per heavy atom. The molecule has 5 atom stereocenters. The summed E-state index contributed by atoms with van der Waals surface area (Å²) in [6, 6.07) is 0. The first kappa shape index (κ1) is 17.0. The molecule has 2 rings (SSSR count). The van der Waals surface area contributed by atoms with Gasteiger partial charge in [-0.3, -0.25) is 14.3 Å². The van der Waals surface area contributed by atoms with E-state index in [4.69, 9.17) is 14.4 Å². The molecule has 1 aliphatic rings. The lowest BCUT2D eigenvalue weighted by Crippen LogP contribution is -2.38. The van der Waals surface area contributed by atoms with E-state index >= 15 is 0 Å². The summed E-state index contributed by atoms with van der Waals surface area (Å²) >= 11 is 0. The number of aliphatic hydroxyl groups excluding tert-OH is 1. The van der Waals surface area contributed by atoms with Crippen LogP contribution in [0.5, 0.6) is 0 Å². The van der Waals surface area contributed by atoms with Gasteiger partial charge in [-0.05, 0) is 11.5 Å². The summed E-state index contributed by atoms with van der Waals surface area (Å²) in [6.45, 7) is 1.17. The number of hydrogen-bond acceptors (Lipinski definition) is 6. The third-order valence-corrected chi connectivity index (χ3v) is 4.47. The highest BCUT2D eigenvalue weighted by atomic mass is 31.1. The van der Waals surface area contributed by atoms with Crippen LogP contribution in [0.25, 0.3) is 0 Å². The van der Waals surface area contributed by atoms with Crippen molar-refractivity contribution in [2.75, 3.05) is 19.9 Å². The minimum atomic E-state index is -2.45. The second-order valence-corrected chi connectivity index (χ2v) is 6.19. The van der Waals surface area contributed by atoms with Gasteiger partial charge in [-0.2, -0.15) is 4.89 Å². The summed E-state index contributed by atoms with van der Waals surface area (Å²) in [7, 11) is -1.06. The van der Waals surface area contributed by atoms with Crippen LogP contribution in [-0.2, 0) is 14.0 Å². The molecular weight excluding hydrogens is 315 g/mol. The van der Waals surface area contributed by atoms with Crippen LogP contribution in [0.1, 0.15) is 11.8 Å². The van der Waals surface area contributed by atoms with Gasteiger partial charge < -0.3 is 14.6 Å². The predicted molar refractivity (Wildman–Crippen MR) is 76.0 cm³/mol. The number of aromatic nitrogens is 2. The van der Waals surface area contributed by atoms with Crippen molar-refractivity contribution in [3.63, 3.8) is 0 Å². The van der Waals surface area contributed by atoms with Gasteiger partial charge in [0.2, 0.25) is 0 Å². The molecule has 1 aromatic rings. The average Bonchev–Trinajstić information content (AvgIpc) is 2.79. The predicted octanol–water partition coefficient (Wildman–Crippen LogP) is -0.899. The van der Waals surface area contributed by atoms with Crippen molar-refractivity contribution < 1.29 is 24.0 Å². The van der Waals surface area contributed by atoms with Crippen molar-refractivity contribution >= 4 is 8.03 Å². The van der Waals surface area contributed by atoms with Crippen LogP contribution in [0.4, 0.5) is 0 Å². The Hall–Kier alpha value is -1.38. The van der Waals surface area contributed by atoms with Gasteiger partial charge in [-0.1, -0.05) is 0 Å². The first-order valence-electron chi connectivity index (χ1n) is 6.63. The Balaban J connectivity index is 2.43. The summed E-state index contributed by atoms with van der Waals surface area (Å²) in [4.78, 5) is 34.7. The van der Waals surface area contributed by atoms with E-state index in [9.17, 15) is 19.3 Å². The van der Waals surface area contributed by atoms with E-state index < -0.39 is 43.6 Å². The highest BCUT2D eigenvalue weighted by Gasteiger charge is 2.49. The third kappa shape index (κ3) is 3.18. The number of aliphatic hydroxyl groups is 1. The highest BCUT2D eigenvalue weighted by Crippen LogP contribution is 2.38. The third-order valence-electron chi connectivity index (χ3n) is 3.73. The van der Waals surface area contributed by atoms with Crippen LogP contribution < -0.4 is 11.2 Å². The molecule has 0 bridgehead atoms. The molecule has 1 aliphatic heterocycles. The molecule has 22 heavy (non-hydrogen) atoms. The molecule has 2 heterocycles. The van der Waals surface area contributed by atoms with Crippen LogP contribution in [0.15, 0.2) is 15.8 Å². The smallest absolute Gasteiger partial charge is 0.394 e. The van der Waals surface area contributed by atoms with Crippen molar-refractivity contribution in [2.24, 2.45) is 5.92 Å². The quantitative estimate of drug-likeness (QED) is 0.595. The minimum Gasteiger partial charge on any atom is -0.394 e. The summed E-state index contributed by atoms with van der Waals surface area (Å²) < 4.78 is 23.2. The lowest BCUT2D eigenvalue weighted by Gasteiger charge is -2.21. The van der Waals surface area contributed by atoms with Crippen molar-refractivity contribution in [3.05, 3.63) is 32.6 Å². The number of nitrogens with one attached hydrogen (secondary N) is 1. The molecule has 0 aromatic carbocycles. The van der Waals surface area contributed by atoms with Gasteiger partial charge in [-0.15, -0.1) is 0 Å². The highest BCUT2D eigenvalue weighted by molar-refractivity contribution is 7.38. The number of hydrogen-bond donors (Lipinski definition) is 3. The molecule has 3 N–H and O–H groups in total. The maximum Gasteiger partial charge on any atom is 0.505 e. The Labute approximate surface area is 126 Å². The lowest BCUT2D eigenvalue weighted by atomic mass is 10.0. The first-order valence-corrected chi connectivity index (χ1v) is 8.03. The Morgan fingerprint density at radius 2 is 2.18 bits per heavy atom. The second-order valence-electron chi connectivity index (χ2n) is 5.13. The van der Waals surface area contributed by atoms with Crippen molar-refractivity contribution in [1.82, 2.24) is 9.55 Å². The summed E-state index contributed by atoms with van der Waals surface area (Å²) in [6.07, 6.45) is -1.11. The summed E-state index contributed by atoms with van der Waals surface area (Å²) in [5, 5.41) is 9.39. The van der Waals surface area contributed by atoms with Gasteiger partial charge in [0.05, 0.1) is 18.6 Å². The molecule has 122 valence electrons. The zero-order valence-corrected chi connectivity index (χ0v) is 13.0. The number of methoxy groups -OCH3 is 1. The Kier molecular flexibility index (Phi) is 5.25. The maximum atomic E-state index is 12.0. The van der Waals surface area contributed by atoms with Crippen LogP contribution in [-0.4, -0.2) is 51.6 Å². The standard InChI is InChI=1S/C12H17N2O7P/c1-6-3-14(12(17)13-10(6)16)11-9(20-2)7(5-22(18)19)8(4-15)21-11/h3,7-9,11,15H,4-5H2,1-2H3,(H-,13,16,17,18,19)/p+1/t7-,8-,9-,11-/m1/s1. The number of ether oxygens (including phenoxy) is 2. The molecule has 10 heteroatoms. The van der Waals surface area contributed by atoms with E-state index in [1.54, 1.807) is 0 Å². The van der Waals surface area contributed by atoms with Gasteiger partial charge in [0.25, 0.3) is 5.56 Å². The molecule has 9 nitrogen and oxygen atoms in total. The van der Waals surface area contributed by atoms with Crippen LogP contribution >= 0.6 is 8.03 Å². The Morgan fingerprint density at radius 1 is 1.50 bits per heavy atom. The van der Waals surface area contributed by atoms with E-state index in [2.05, 4.69) is 4.98 Å². The molecule has 0 spiro atoms. The fourth-order valence-electron chi connectivity index (χ4n) is 2.65. The van der Waals surface area contributed by atoms with Gasteiger partial charge in [0.15, 0.2) is 12.4 Å². The number of nitrogens with zero attached hydrogens (tertiary/aromatic N) is 1. The molecular formula is C12H18N2O7P+. The van der Waals surface area contributed by atoms with Crippen LogP contribution in [0.3, 0.4) is 0 Å². The van der Waals surface area contributed by atoms with Crippen molar-refractivity contribution in [3.8, 4) is 0 Å². The summed E-state index contributed by atoms with van der Waals surface area (Å²) in [5.74, 6) is -0.548. The molecule has 1 aromatic heterocycles. The number of H-pyrrole nitrogens is 1. The molecule has 0 amide bonds. The van der Waals surface area contributed by atoms with Gasteiger partial charge >= 0.3 is 13.7 Å². The van der Waals surface area contributed by atoms with Crippen LogP contribution in [0.2, 0.25) is 0 Å². The minimum absolute atomic E-state index is 0.118. The maximum absolute atomic E-state index is 12.0. The van der Waals surface area contributed by atoms with Gasteiger partial charge in [0.1, 0.15) is 6.10 Å². The van der Waals surface area contributed by atoms with E-state index in [0.717, 1.165) is 4.57 Å². The molecule has 1 saturated heterocycles. The zero-order valence-electron chi connectivity index (χ0n) is 12.1. The molecule has 0 aliphatic carbocycles. The summed E-state index contributed by atoms with van der Waals surface area (Å²) in [5.41, 5.74) is -0.856. The molecule has 0 radical (unpaired) electrons. The van der Waals surface area contributed by atoms with Gasteiger partial charge in [0, 0.05) is 18.9 Å². The van der Waals surface area contributed by atoms with E-state index in [1.807, 2.05) is 0 Å². The van der Waals surface area contributed by atoms with Crippen molar-refractivity contribution in [2.45, 2.75) is 25.4 Å². The number of aryl methyl sites for hydroxylation is 1. The topological polar surface area (TPSA) is 131 Å². The van der Waals surface area contributed by atoms with Crippen molar-refractivity contribution in [1.29, 1.82) is 0 Å². The van der Waals surface area contributed by atoms with Gasteiger partial charge in [-0.25, -0.2) is 4.79 Å². The SMILES string of the molecule is CO[C@@H]1[C@H](C[P+](=O)O)[C@@H](CO)O[C@H]1n1cc(C)c(=O)[nH]c1=O. The van der Waals surface area contributed by atoms with E-state index in [1.165, 1.54) is 20.2 Å². The number of aromatic amines is 1. The molecule has 0 saturated carbocycles. The monoisotopic (exact) mass is 333 g/mol. The second kappa shape index (κ2) is 6.80. The molecule has 1 fully saturated rings. The fourth-order valence-corrected chi connectivity index (χ4v) is 3.45. The molecule has 1 unspecified atom stereocenters. The van der Waals surface area contributed by atoms with E-state index in [0.29, 0.717) is 5.56 Å². The number of rotatable bonds is 5. The normalized spacial score (nSPS) is 28.8. The average molecular weight is 333 g/mol. The van der Waals surface area contributed by atoms with Crippen LogP contribution in [0, 0.1) is 12.8 Å².